The lowest BCUT2D eigenvalue weighted by Gasteiger charge is -2.06. The minimum Gasteiger partial charge on any atom is -0.435 e. The smallest absolute Gasteiger partial charge is 0.387 e. The molecule has 0 bridgehead atoms. The van der Waals surface area contributed by atoms with Crippen LogP contribution in [0, 0.1) is 0 Å². The summed E-state index contributed by atoms with van der Waals surface area (Å²) in [6, 6.07) is 15.6. The van der Waals surface area contributed by atoms with Gasteiger partial charge in [-0.15, -0.1) is 10.2 Å². The van der Waals surface area contributed by atoms with E-state index in [9.17, 15) is 8.78 Å². The molecule has 1 aromatic heterocycles. The van der Waals surface area contributed by atoms with E-state index in [1.54, 1.807) is 12.1 Å². The van der Waals surface area contributed by atoms with Crippen LogP contribution in [0.25, 0.3) is 11.5 Å². The van der Waals surface area contributed by atoms with E-state index in [4.69, 9.17) is 4.42 Å². The molecular formula is C16H13F2N3O2. The van der Waals surface area contributed by atoms with E-state index in [0.29, 0.717) is 18.3 Å². The van der Waals surface area contributed by atoms with Crippen molar-refractivity contribution in [3.05, 3.63) is 60.5 Å². The zero-order chi connectivity index (χ0) is 16.1. The van der Waals surface area contributed by atoms with Crippen LogP contribution in [0.4, 0.5) is 14.5 Å². The molecule has 0 saturated heterocycles. The highest BCUT2D eigenvalue weighted by Gasteiger charge is 2.08. The van der Waals surface area contributed by atoms with Gasteiger partial charge in [0.15, 0.2) is 0 Å². The molecule has 118 valence electrons. The van der Waals surface area contributed by atoms with Gasteiger partial charge in [-0.1, -0.05) is 18.2 Å². The Hall–Kier alpha value is -2.96. The molecule has 0 unspecified atom stereocenters. The number of hydrogen-bond acceptors (Lipinski definition) is 5. The van der Waals surface area contributed by atoms with Gasteiger partial charge in [-0.3, -0.25) is 0 Å². The van der Waals surface area contributed by atoms with E-state index in [-0.39, 0.29) is 5.75 Å². The predicted octanol–water partition coefficient (Wildman–Crippen LogP) is 3.95. The Labute approximate surface area is 130 Å². The van der Waals surface area contributed by atoms with Crippen LogP contribution in [0.15, 0.2) is 59.0 Å². The summed E-state index contributed by atoms with van der Waals surface area (Å²) in [5.41, 5.74) is 1.57. The molecule has 0 aliphatic heterocycles. The molecule has 0 radical (unpaired) electrons. The lowest BCUT2D eigenvalue weighted by Crippen LogP contribution is -2.02. The fourth-order valence-corrected chi connectivity index (χ4v) is 1.95. The maximum absolute atomic E-state index is 12.1. The van der Waals surface area contributed by atoms with Gasteiger partial charge in [0, 0.05) is 11.3 Å². The topological polar surface area (TPSA) is 60.2 Å². The van der Waals surface area contributed by atoms with Gasteiger partial charge in [0.05, 0.1) is 6.54 Å². The molecule has 7 heteroatoms. The maximum atomic E-state index is 12.1. The van der Waals surface area contributed by atoms with Gasteiger partial charge in [0.1, 0.15) is 5.75 Å². The number of hydrogen-bond donors (Lipinski definition) is 1. The summed E-state index contributed by atoms with van der Waals surface area (Å²) in [7, 11) is 0. The van der Waals surface area contributed by atoms with Crippen LogP contribution >= 0.6 is 0 Å². The lowest BCUT2D eigenvalue weighted by atomic mass is 10.2. The number of alkyl halides is 2. The van der Waals surface area contributed by atoms with Crippen molar-refractivity contribution in [2.45, 2.75) is 13.2 Å². The molecule has 1 heterocycles. The first-order chi connectivity index (χ1) is 11.2. The number of benzene rings is 2. The van der Waals surface area contributed by atoms with Crippen LogP contribution in [0.2, 0.25) is 0 Å². The molecule has 3 aromatic rings. The Morgan fingerprint density at radius 1 is 1.00 bits per heavy atom. The van der Waals surface area contributed by atoms with E-state index in [0.717, 1.165) is 11.3 Å². The number of anilines is 1. The standard InChI is InChI=1S/C16H13F2N3O2/c17-16(18)22-13-8-6-12(7-9-13)19-10-14-20-21-15(23-14)11-4-2-1-3-5-11/h1-9,16,19H,10H2. The molecule has 0 aliphatic rings. The largest absolute Gasteiger partial charge is 0.435 e. The Kier molecular flexibility index (Phi) is 4.46. The Morgan fingerprint density at radius 2 is 1.74 bits per heavy atom. The second-order valence-corrected chi connectivity index (χ2v) is 4.62. The second kappa shape index (κ2) is 6.87. The number of rotatable bonds is 6. The minimum absolute atomic E-state index is 0.106. The summed E-state index contributed by atoms with van der Waals surface area (Å²) in [4.78, 5) is 0. The third-order valence-electron chi connectivity index (χ3n) is 3.01. The van der Waals surface area contributed by atoms with Crippen LogP contribution in [0.3, 0.4) is 0 Å². The van der Waals surface area contributed by atoms with Crippen molar-refractivity contribution in [2.75, 3.05) is 5.32 Å². The molecule has 5 nitrogen and oxygen atoms in total. The average molecular weight is 317 g/mol. The van der Waals surface area contributed by atoms with Crippen molar-refractivity contribution in [1.29, 1.82) is 0 Å². The van der Waals surface area contributed by atoms with Crippen molar-refractivity contribution < 1.29 is 17.9 Å². The molecule has 0 fully saturated rings. The van der Waals surface area contributed by atoms with Gasteiger partial charge in [-0.25, -0.2) is 0 Å². The zero-order valence-electron chi connectivity index (χ0n) is 11.9. The molecule has 0 atom stereocenters. The Morgan fingerprint density at radius 3 is 2.43 bits per heavy atom. The van der Waals surface area contributed by atoms with Crippen LogP contribution in [-0.4, -0.2) is 16.8 Å². The zero-order valence-corrected chi connectivity index (χ0v) is 11.9. The van der Waals surface area contributed by atoms with E-state index < -0.39 is 6.61 Å². The minimum atomic E-state index is -2.83. The highest BCUT2D eigenvalue weighted by Crippen LogP contribution is 2.20. The fraction of sp³-hybridized carbons (Fsp3) is 0.125. The SMILES string of the molecule is FC(F)Oc1ccc(NCc2nnc(-c3ccccc3)o2)cc1. The summed E-state index contributed by atoms with van der Waals surface area (Å²) >= 11 is 0. The molecule has 23 heavy (non-hydrogen) atoms. The summed E-state index contributed by atoms with van der Waals surface area (Å²) in [5.74, 6) is 0.981. The third-order valence-corrected chi connectivity index (χ3v) is 3.01. The molecule has 0 amide bonds. The van der Waals surface area contributed by atoms with E-state index in [1.165, 1.54) is 12.1 Å². The summed E-state index contributed by atoms with van der Waals surface area (Å²) in [6.07, 6.45) is 0. The molecule has 0 spiro atoms. The highest BCUT2D eigenvalue weighted by atomic mass is 19.3. The molecular weight excluding hydrogens is 304 g/mol. The number of halogens is 2. The normalized spacial score (nSPS) is 10.7. The molecule has 1 N–H and O–H groups in total. The van der Waals surface area contributed by atoms with Gasteiger partial charge >= 0.3 is 6.61 Å². The first kappa shape index (κ1) is 15.0. The first-order valence-corrected chi connectivity index (χ1v) is 6.87. The van der Waals surface area contributed by atoms with Gasteiger partial charge in [0.2, 0.25) is 11.8 Å². The van der Waals surface area contributed by atoms with Crippen molar-refractivity contribution in [1.82, 2.24) is 10.2 Å². The van der Waals surface area contributed by atoms with Crippen LogP contribution in [0.5, 0.6) is 5.75 Å². The number of aromatic nitrogens is 2. The molecule has 3 rings (SSSR count). The maximum Gasteiger partial charge on any atom is 0.387 e. The summed E-state index contributed by atoms with van der Waals surface area (Å²) in [5, 5.41) is 11.0. The summed E-state index contributed by atoms with van der Waals surface area (Å²) in [6.45, 7) is -2.50. The number of ether oxygens (including phenoxy) is 1. The summed E-state index contributed by atoms with van der Waals surface area (Å²) < 4.78 is 34.0. The fourth-order valence-electron chi connectivity index (χ4n) is 1.95. The van der Waals surface area contributed by atoms with Crippen molar-refractivity contribution in [2.24, 2.45) is 0 Å². The lowest BCUT2D eigenvalue weighted by molar-refractivity contribution is -0.0498. The number of nitrogens with zero attached hydrogens (tertiary/aromatic N) is 2. The number of nitrogens with one attached hydrogen (secondary N) is 1. The molecule has 0 aliphatic carbocycles. The monoisotopic (exact) mass is 317 g/mol. The van der Waals surface area contributed by atoms with Crippen molar-refractivity contribution >= 4 is 5.69 Å². The Bertz CT molecular complexity index is 746. The predicted molar refractivity (Wildman–Crippen MR) is 80.1 cm³/mol. The van der Waals surface area contributed by atoms with Gasteiger partial charge in [-0.05, 0) is 36.4 Å². The van der Waals surface area contributed by atoms with Crippen LogP contribution < -0.4 is 10.1 Å². The highest BCUT2D eigenvalue weighted by molar-refractivity contribution is 5.52. The van der Waals surface area contributed by atoms with Gasteiger partial charge in [0.25, 0.3) is 0 Å². The van der Waals surface area contributed by atoms with E-state index in [1.807, 2.05) is 30.3 Å². The quantitative estimate of drug-likeness (QED) is 0.746. The van der Waals surface area contributed by atoms with Crippen LogP contribution in [0.1, 0.15) is 5.89 Å². The first-order valence-electron chi connectivity index (χ1n) is 6.87. The van der Waals surface area contributed by atoms with Crippen molar-refractivity contribution in [3.8, 4) is 17.2 Å². The molecule has 2 aromatic carbocycles. The van der Waals surface area contributed by atoms with E-state index in [2.05, 4.69) is 20.3 Å². The van der Waals surface area contributed by atoms with Crippen molar-refractivity contribution in [3.63, 3.8) is 0 Å². The van der Waals surface area contributed by atoms with Gasteiger partial charge < -0.3 is 14.5 Å². The average Bonchev–Trinajstić information content (AvgIpc) is 3.04. The van der Waals surface area contributed by atoms with Gasteiger partial charge in [-0.2, -0.15) is 8.78 Å². The van der Waals surface area contributed by atoms with E-state index >= 15 is 0 Å². The molecule has 0 saturated carbocycles. The Balaban J connectivity index is 1.59. The second-order valence-electron chi connectivity index (χ2n) is 4.62. The third kappa shape index (κ3) is 4.03. The van der Waals surface area contributed by atoms with Crippen LogP contribution in [-0.2, 0) is 6.54 Å².